The minimum atomic E-state index is 0.303. The molecule has 1 saturated carbocycles. The first kappa shape index (κ1) is 14.6. The number of carbonyl (C=O) groups excluding carboxylic acids is 1. The van der Waals surface area contributed by atoms with E-state index in [1.165, 1.54) is 12.8 Å². The van der Waals surface area contributed by atoms with E-state index in [0.29, 0.717) is 30.8 Å². The lowest BCUT2D eigenvalue weighted by Crippen LogP contribution is -2.34. The topological polar surface area (TPSA) is 45.5 Å². The Morgan fingerprint density at radius 3 is 2.86 bits per heavy atom. The molecule has 0 aromatic carbocycles. The zero-order chi connectivity index (χ0) is 14.7. The molecule has 2 aliphatic rings. The Morgan fingerprint density at radius 2 is 2.24 bits per heavy atom. The Morgan fingerprint density at radius 1 is 1.38 bits per heavy atom. The van der Waals surface area contributed by atoms with Gasteiger partial charge in [0.2, 0.25) is 5.91 Å². The van der Waals surface area contributed by atoms with Gasteiger partial charge >= 0.3 is 0 Å². The van der Waals surface area contributed by atoms with Crippen molar-refractivity contribution < 1.29 is 9.21 Å². The Bertz CT molecular complexity index is 473. The third-order valence-corrected chi connectivity index (χ3v) is 4.60. The molecule has 3 rings (SSSR count). The molecule has 2 heterocycles. The van der Waals surface area contributed by atoms with Gasteiger partial charge in [-0.25, -0.2) is 0 Å². The summed E-state index contributed by atoms with van der Waals surface area (Å²) in [4.78, 5) is 14.6. The van der Waals surface area contributed by atoms with Gasteiger partial charge in [-0.1, -0.05) is 0 Å². The average molecular weight is 290 g/mol. The van der Waals surface area contributed by atoms with E-state index >= 15 is 0 Å². The standard InChI is InChI=1S/C17H26N2O2/c1-13-4-8-16(21-13)12-19(15-6-7-15)17(20)9-5-14-3-2-10-18-11-14/h4,8,14-15,18H,2-3,5-7,9-12H2,1H3. The molecule has 21 heavy (non-hydrogen) atoms. The highest BCUT2D eigenvalue weighted by Crippen LogP contribution is 2.30. The van der Waals surface area contributed by atoms with E-state index in [4.69, 9.17) is 4.42 Å². The van der Waals surface area contributed by atoms with Crippen LogP contribution in [-0.4, -0.2) is 29.9 Å². The third kappa shape index (κ3) is 4.10. The molecule has 0 radical (unpaired) electrons. The first-order valence-corrected chi connectivity index (χ1v) is 8.28. The molecule has 1 aromatic rings. The smallest absolute Gasteiger partial charge is 0.223 e. The van der Waals surface area contributed by atoms with E-state index in [1.807, 2.05) is 24.0 Å². The number of nitrogens with zero attached hydrogens (tertiary/aromatic N) is 1. The maximum atomic E-state index is 12.5. The summed E-state index contributed by atoms with van der Waals surface area (Å²) in [6, 6.07) is 4.41. The number of aryl methyl sites for hydroxylation is 1. The fourth-order valence-corrected chi connectivity index (χ4v) is 3.19. The fourth-order valence-electron chi connectivity index (χ4n) is 3.19. The van der Waals surface area contributed by atoms with E-state index in [2.05, 4.69) is 5.32 Å². The molecule has 2 fully saturated rings. The summed E-state index contributed by atoms with van der Waals surface area (Å²) < 4.78 is 5.63. The predicted molar refractivity (Wildman–Crippen MR) is 81.8 cm³/mol. The SMILES string of the molecule is Cc1ccc(CN(C(=O)CCC2CCCNC2)C2CC2)o1. The minimum Gasteiger partial charge on any atom is -0.464 e. The van der Waals surface area contributed by atoms with Crippen molar-refractivity contribution in [3.05, 3.63) is 23.7 Å². The van der Waals surface area contributed by atoms with Gasteiger partial charge in [0, 0.05) is 12.5 Å². The first-order chi connectivity index (χ1) is 10.2. The Balaban J connectivity index is 1.52. The van der Waals surface area contributed by atoms with Crippen LogP contribution in [0, 0.1) is 12.8 Å². The van der Waals surface area contributed by atoms with Gasteiger partial charge in [-0.3, -0.25) is 4.79 Å². The van der Waals surface area contributed by atoms with Crippen molar-refractivity contribution in [1.82, 2.24) is 10.2 Å². The quantitative estimate of drug-likeness (QED) is 0.876. The molecule has 0 spiro atoms. The number of carbonyl (C=O) groups is 1. The second-order valence-corrected chi connectivity index (χ2v) is 6.52. The molecule has 1 N–H and O–H groups in total. The molecule has 1 amide bonds. The first-order valence-electron chi connectivity index (χ1n) is 8.28. The molecule has 1 aliphatic carbocycles. The van der Waals surface area contributed by atoms with E-state index in [1.54, 1.807) is 0 Å². The van der Waals surface area contributed by atoms with Gasteiger partial charge in [0.25, 0.3) is 0 Å². The highest BCUT2D eigenvalue weighted by atomic mass is 16.3. The van der Waals surface area contributed by atoms with Crippen LogP contribution >= 0.6 is 0 Å². The van der Waals surface area contributed by atoms with Gasteiger partial charge in [0.15, 0.2) is 0 Å². The molecule has 1 atom stereocenters. The van der Waals surface area contributed by atoms with Gasteiger partial charge in [-0.2, -0.15) is 0 Å². The number of hydrogen-bond acceptors (Lipinski definition) is 3. The highest BCUT2D eigenvalue weighted by Gasteiger charge is 2.33. The Kier molecular flexibility index (Phi) is 4.63. The van der Waals surface area contributed by atoms with Gasteiger partial charge < -0.3 is 14.6 Å². The van der Waals surface area contributed by atoms with Crippen LogP contribution in [0.3, 0.4) is 0 Å². The van der Waals surface area contributed by atoms with Crippen molar-refractivity contribution in [3.8, 4) is 0 Å². The lowest BCUT2D eigenvalue weighted by Gasteiger charge is -2.25. The largest absolute Gasteiger partial charge is 0.464 e. The number of furan rings is 1. The second-order valence-electron chi connectivity index (χ2n) is 6.52. The average Bonchev–Trinajstić information content (AvgIpc) is 3.26. The molecule has 0 bridgehead atoms. The summed E-state index contributed by atoms with van der Waals surface area (Å²) in [5.41, 5.74) is 0. The zero-order valence-electron chi connectivity index (χ0n) is 12.9. The summed E-state index contributed by atoms with van der Waals surface area (Å²) in [5.74, 6) is 2.81. The molecule has 4 nitrogen and oxygen atoms in total. The highest BCUT2D eigenvalue weighted by molar-refractivity contribution is 5.76. The lowest BCUT2D eigenvalue weighted by molar-refractivity contribution is -0.133. The minimum absolute atomic E-state index is 0.303. The molecule has 1 saturated heterocycles. The predicted octanol–water partition coefficient (Wildman–Crippen LogP) is 2.86. The lowest BCUT2D eigenvalue weighted by atomic mass is 9.94. The number of rotatable bonds is 6. The fraction of sp³-hybridized carbons (Fsp3) is 0.706. The molecular weight excluding hydrogens is 264 g/mol. The van der Waals surface area contributed by atoms with E-state index in [9.17, 15) is 4.79 Å². The molecule has 1 aliphatic heterocycles. The number of nitrogens with one attached hydrogen (secondary N) is 1. The van der Waals surface area contributed by atoms with E-state index < -0.39 is 0 Å². The van der Waals surface area contributed by atoms with Crippen LogP contribution in [0.25, 0.3) is 0 Å². The van der Waals surface area contributed by atoms with Gasteiger partial charge in [-0.15, -0.1) is 0 Å². The molecule has 1 aromatic heterocycles. The van der Waals surface area contributed by atoms with Crippen molar-refractivity contribution >= 4 is 5.91 Å². The molecule has 1 unspecified atom stereocenters. The molecule has 116 valence electrons. The van der Waals surface area contributed by atoms with Crippen molar-refractivity contribution in [2.24, 2.45) is 5.92 Å². The summed E-state index contributed by atoms with van der Waals surface area (Å²) in [7, 11) is 0. The van der Waals surface area contributed by atoms with Crippen LogP contribution in [0.4, 0.5) is 0 Å². The van der Waals surface area contributed by atoms with Crippen LogP contribution in [-0.2, 0) is 11.3 Å². The van der Waals surface area contributed by atoms with Crippen LogP contribution in [0.5, 0.6) is 0 Å². The van der Waals surface area contributed by atoms with E-state index in [0.717, 1.165) is 43.9 Å². The number of hydrogen-bond donors (Lipinski definition) is 1. The monoisotopic (exact) mass is 290 g/mol. The normalized spacial score (nSPS) is 22.2. The van der Waals surface area contributed by atoms with Crippen LogP contribution in [0.15, 0.2) is 16.5 Å². The van der Waals surface area contributed by atoms with Crippen molar-refractivity contribution in [2.75, 3.05) is 13.1 Å². The van der Waals surface area contributed by atoms with E-state index in [-0.39, 0.29) is 0 Å². The van der Waals surface area contributed by atoms with Crippen molar-refractivity contribution in [1.29, 1.82) is 0 Å². The van der Waals surface area contributed by atoms with Crippen LogP contribution in [0.1, 0.15) is 50.0 Å². The second kappa shape index (κ2) is 6.65. The number of amides is 1. The Hall–Kier alpha value is -1.29. The van der Waals surface area contributed by atoms with Gasteiger partial charge in [-0.05, 0) is 70.2 Å². The summed E-state index contributed by atoms with van der Waals surface area (Å²) in [6.07, 6.45) is 6.51. The maximum absolute atomic E-state index is 12.5. The number of piperidine rings is 1. The maximum Gasteiger partial charge on any atom is 0.223 e. The van der Waals surface area contributed by atoms with Crippen molar-refractivity contribution in [2.45, 2.75) is 58.0 Å². The van der Waals surface area contributed by atoms with Crippen LogP contribution in [0.2, 0.25) is 0 Å². The molecule has 4 heteroatoms. The third-order valence-electron chi connectivity index (χ3n) is 4.60. The van der Waals surface area contributed by atoms with Crippen LogP contribution < -0.4 is 5.32 Å². The molecular formula is C17H26N2O2. The van der Waals surface area contributed by atoms with Crippen molar-refractivity contribution in [3.63, 3.8) is 0 Å². The zero-order valence-corrected chi connectivity index (χ0v) is 12.9. The summed E-state index contributed by atoms with van der Waals surface area (Å²) >= 11 is 0. The van der Waals surface area contributed by atoms with Gasteiger partial charge in [0.1, 0.15) is 11.5 Å². The van der Waals surface area contributed by atoms with Gasteiger partial charge in [0.05, 0.1) is 6.54 Å². The summed E-state index contributed by atoms with van der Waals surface area (Å²) in [5, 5.41) is 3.43. The Labute approximate surface area is 126 Å². The summed E-state index contributed by atoms with van der Waals surface area (Å²) in [6.45, 7) is 4.80.